The highest BCUT2D eigenvalue weighted by Gasteiger charge is 2.15. The van der Waals surface area contributed by atoms with E-state index in [1.54, 1.807) is 6.92 Å². The topological polar surface area (TPSA) is 52.6 Å². The predicted molar refractivity (Wildman–Crippen MR) is 59.6 cm³/mol. The van der Waals surface area contributed by atoms with E-state index >= 15 is 0 Å². The molecule has 0 saturated heterocycles. The fourth-order valence-corrected chi connectivity index (χ4v) is 1.47. The minimum atomic E-state index is -0.550. The van der Waals surface area contributed by atoms with Gasteiger partial charge in [-0.15, -0.1) is 0 Å². The number of esters is 2. The molecule has 4 nitrogen and oxygen atoms in total. The largest absolute Gasteiger partial charge is 0.466 e. The molecular weight excluding hydrogens is 264 g/mol. The third kappa shape index (κ3) is 8.42. The summed E-state index contributed by atoms with van der Waals surface area (Å²) in [5, 5.41) is -0.306. The molecular formula is C10H17BrO4. The second kappa shape index (κ2) is 8.71. The lowest BCUT2D eigenvalue weighted by Crippen LogP contribution is -2.17. The molecule has 0 aliphatic heterocycles. The average molecular weight is 281 g/mol. The van der Waals surface area contributed by atoms with Gasteiger partial charge in [-0.2, -0.15) is 0 Å². The fraction of sp³-hybridized carbons (Fsp3) is 0.800. The summed E-state index contributed by atoms with van der Waals surface area (Å²) >= 11 is 3.21. The summed E-state index contributed by atoms with van der Waals surface area (Å²) < 4.78 is 9.57. The van der Waals surface area contributed by atoms with E-state index in [2.05, 4.69) is 27.6 Å². The van der Waals surface area contributed by atoms with Crippen molar-refractivity contribution < 1.29 is 19.1 Å². The van der Waals surface area contributed by atoms with Crippen LogP contribution in [0.5, 0.6) is 0 Å². The van der Waals surface area contributed by atoms with Crippen LogP contribution in [0.4, 0.5) is 0 Å². The van der Waals surface area contributed by atoms with E-state index in [0.717, 1.165) is 19.3 Å². The van der Waals surface area contributed by atoms with E-state index in [0.29, 0.717) is 0 Å². The minimum absolute atomic E-state index is 0.277. The summed E-state index contributed by atoms with van der Waals surface area (Å²) in [6.45, 7) is 4.03. The number of hydrogen-bond acceptors (Lipinski definition) is 4. The zero-order valence-corrected chi connectivity index (χ0v) is 10.7. The first kappa shape index (κ1) is 14.4. The Balaban J connectivity index is 3.68. The molecule has 0 rings (SSSR count). The molecule has 0 amide bonds. The van der Waals surface area contributed by atoms with Crippen LogP contribution in [-0.4, -0.2) is 23.6 Å². The molecule has 1 unspecified atom stereocenters. The van der Waals surface area contributed by atoms with Crippen LogP contribution in [0.2, 0.25) is 0 Å². The standard InChI is InChI=1S/C10H17BrO4/c1-3-5-6-8(11)15-10(13)7-9(12)14-4-2/h8H,3-7H2,1-2H3. The van der Waals surface area contributed by atoms with Crippen LogP contribution in [-0.2, 0) is 19.1 Å². The van der Waals surface area contributed by atoms with Gasteiger partial charge in [0, 0.05) is 0 Å². The maximum Gasteiger partial charge on any atom is 0.318 e. The maximum absolute atomic E-state index is 11.1. The highest BCUT2D eigenvalue weighted by atomic mass is 79.9. The molecule has 0 aromatic carbocycles. The van der Waals surface area contributed by atoms with Gasteiger partial charge in [0.1, 0.15) is 6.42 Å². The number of carbonyl (C=O) groups is 2. The quantitative estimate of drug-likeness (QED) is 0.408. The highest BCUT2D eigenvalue weighted by Crippen LogP contribution is 2.12. The van der Waals surface area contributed by atoms with Gasteiger partial charge in [-0.05, 0) is 35.7 Å². The molecule has 0 spiro atoms. The van der Waals surface area contributed by atoms with Crippen LogP contribution in [0.3, 0.4) is 0 Å². The summed E-state index contributed by atoms with van der Waals surface area (Å²) in [4.78, 5) is 22.1. The van der Waals surface area contributed by atoms with Crippen molar-refractivity contribution in [2.24, 2.45) is 0 Å². The van der Waals surface area contributed by atoms with Crippen LogP contribution in [0.15, 0.2) is 0 Å². The lowest BCUT2D eigenvalue weighted by Gasteiger charge is -2.10. The number of rotatable bonds is 7. The Morgan fingerprint density at radius 1 is 1.27 bits per heavy atom. The first-order valence-electron chi connectivity index (χ1n) is 5.09. The molecule has 0 aromatic heterocycles. The monoisotopic (exact) mass is 280 g/mol. The number of carbonyl (C=O) groups excluding carboxylic acids is 2. The highest BCUT2D eigenvalue weighted by molar-refractivity contribution is 9.09. The van der Waals surface area contributed by atoms with Crippen LogP contribution >= 0.6 is 15.9 Å². The summed E-state index contributed by atoms with van der Waals surface area (Å²) in [6, 6.07) is 0. The van der Waals surface area contributed by atoms with E-state index in [4.69, 9.17) is 4.74 Å². The van der Waals surface area contributed by atoms with Crippen LogP contribution in [0.1, 0.15) is 39.5 Å². The van der Waals surface area contributed by atoms with Crippen molar-refractivity contribution in [1.29, 1.82) is 0 Å². The van der Waals surface area contributed by atoms with Crippen molar-refractivity contribution in [1.82, 2.24) is 0 Å². The van der Waals surface area contributed by atoms with E-state index < -0.39 is 11.9 Å². The zero-order chi connectivity index (χ0) is 11.7. The zero-order valence-electron chi connectivity index (χ0n) is 9.12. The number of halogens is 1. The van der Waals surface area contributed by atoms with Gasteiger partial charge in [-0.1, -0.05) is 13.3 Å². The first-order valence-corrected chi connectivity index (χ1v) is 6.00. The Labute approximate surface area is 98.4 Å². The average Bonchev–Trinajstić information content (AvgIpc) is 2.14. The van der Waals surface area contributed by atoms with E-state index in [9.17, 15) is 9.59 Å². The number of hydrogen-bond donors (Lipinski definition) is 0. The molecule has 88 valence electrons. The summed E-state index contributed by atoms with van der Waals surface area (Å²) in [7, 11) is 0. The molecule has 0 radical (unpaired) electrons. The van der Waals surface area contributed by atoms with Gasteiger partial charge in [0.05, 0.1) is 6.61 Å². The Morgan fingerprint density at radius 3 is 2.47 bits per heavy atom. The molecule has 0 fully saturated rings. The molecule has 0 N–H and O–H groups in total. The van der Waals surface area contributed by atoms with Crippen molar-refractivity contribution in [2.75, 3.05) is 6.61 Å². The van der Waals surface area contributed by atoms with E-state index in [-0.39, 0.29) is 18.0 Å². The third-order valence-electron chi connectivity index (χ3n) is 1.64. The SMILES string of the molecule is CCCCC(Br)OC(=O)CC(=O)OCC. The van der Waals surface area contributed by atoms with E-state index in [1.165, 1.54) is 0 Å². The molecule has 0 bridgehead atoms. The Kier molecular flexibility index (Phi) is 8.37. The number of alkyl halides is 1. The molecule has 0 aromatic rings. The Hall–Kier alpha value is -0.580. The summed E-state index contributed by atoms with van der Waals surface area (Å²) in [5.41, 5.74) is 0. The van der Waals surface area contributed by atoms with Crippen molar-refractivity contribution >= 4 is 27.9 Å². The van der Waals surface area contributed by atoms with Crippen molar-refractivity contribution in [2.45, 2.75) is 44.5 Å². The van der Waals surface area contributed by atoms with Crippen molar-refractivity contribution in [3.63, 3.8) is 0 Å². The van der Waals surface area contributed by atoms with Crippen molar-refractivity contribution in [3.8, 4) is 0 Å². The van der Waals surface area contributed by atoms with Crippen molar-refractivity contribution in [3.05, 3.63) is 0 Å². The molecule has 0 saturated carbocycles. The second-order valence-electron chi connectivity index (χ2n) is 3.02. The smallest absolute Gasteiger partial charge is 0.318 e. The molecule has 0 aliphatic carbocycles. The maximum atomic E-state index is 11.1. The van der Waals surface area contributed by atoms with Gasteiger partial charge in [0.25, 0.3) is 0 Å². The van der Waals surface area contributed by atoms with Gasteiger partial charge in [-0.3, -0.25) is 9.59 Å². The second-order valence-corrected chi connectivity index (χ2v) is 4.05. The van der Waals surface area contributed by atoms with Crippen LogP contribution in [0.25, 0.3) is 0 Å². The summed E-state index contributed by atoms with van der Waals surface area (Å²) in [6.07, 6.45) is 2.45. The first-order chi connectivity index (χ1) is 7.10. The van der Waals surface area contributed by atoms with Gasteiger partial charge in [-0.25, -0.2) is 0 Å². The van der Waals surface area contributed by atoms with Gasteiger partial charge in [0.2, 0.25) is 0 Å². The normalized spacial score (nSPS) is 11.9. The van der Waals surface area contributed by atoms with Crippen LogP contribution < -0.4 is 0 Å². The predicted octanol–water partition coefficient (Wildman–Crippen LogP) is 2.39. The number of unbranched alkanes of at least 4 members (excludes halogenated alkanes) is 1. The number of ether oxygens (including phenoxy) is 2. The fourth-order valence-electron chi connectivity index (χ4n) is 0.938. The molecule has 0 aliphatic rings. The Morgan fingerprint density at radius 2 is 1.93 bits per heavy atom. The van der Waals surface area contributed by atoms with Crippen LogP contribution in [0, 0.1) is 0 Å². The van der Waals surface area contributed by atoms with Gasteiger partial charge < -0.3 is 9.47 Å². The van der Waals surface area contributed by atoms with Gasteiger partial charge >= 0.3 is 11.9 Å². The van der Waals surface area contributed by atoms with E-state index in [1.807, 2.05) is 0 Å². The lowest BCUT2D eigenvalue weighted by atomic mass is 10.3. The molecule has 0 heterocycles. The third-order valence-corrected chi connectivity index (χ3v) is 2.28. The molecule has 1 atom stereocenters. The minimum Gasteiger partial charge on any atom is -0.466 e. The van der Waals surface area contributed by atoms with Gasteiger partial charge in [0.15, 0.2) is 5.01 Å². The molecule has 15 heavy (non-hydrogen) atoms. The summed E-state index contributed by atoms with van der Waals surface area (Å²) in [5.74, 6) is -1.09. The Bertz CT molecular complexity index is 206. The molecule has 5 heteroatoms. The lowest BCUT2D eigenvalue weighted by molar-refractivity contribution is -0.155.